The lowest BCUT2D eigenvalue weighted by Crippen LogP contribution is -2.27. The first kappa shape index (κ1) is 11.2. The fraction of sp³-hybridized carbons (Fsp3) is 0.385. The van der Waals surface area contributed by atoms with Crippen molar-refractivity contribution in [2.75, 3.05) is 6.54 Å². The molecular weight excluding hydrogens is 228 g/mol. The minimum atomic E-state index is 0.255. The Labute approximate surface area is 105 Å². The zero-order valence-corrected chi connectivity index (χ0v) is 10.1. The molecule has 2 aromatic rings. The van der Waals surface area contributed by atoms with Crippen LogP contribution in [0.5, 0.6) is 5.75 Å². The molecule has 0 bridgehead atoms. The molecule has 18 heavy (non-hydrogen) atoms. The molecule has 0 amide bonds. The van der Waals surface area contributed by atoms with Gasteiger partial charge < -0.3 is 10.8 Å². The molecule has 1 aliphatic heterocycles. The third kappa shape index (κ3) is 1.97. The van der Waals surface area contributed by atoms with E-state index >= 15 is 0 Å². The fourth-order valence-electron chi connectivity index (χ4n) is 2.30. The average Bonchev–Trinajstić information content (AvgIpc) is 2.82. The summed E-state index contributed by atoms with van der Waals surface area (Å²) in [4.78, 5) is 4.55. The normalized spacial score (nSPS) is 18.6. The van der Waals surface area contributed by atoms with Crippen LogP contribution in [0.2, 0.25) is 0 Å². The van der Waals surface area contributed by atoms with Crippen molar-refractivity contribution in [3.8, 4) is 17.1 Å². The van der Waals surface area contributed by atoms with E-state index in [4.69, 9.17) is 5.73 Å². The molecule has 0 spiro atoms. The first-order valence-electron chi connectivity index (χ1n) is 6.19. The molecule has 0 radical (unpaired) electrons. The molecule has 0 aliphatic carbocycles. The van der Waals surface area contributed by atoms with Crippen LogP contribution in [0.25, 0.3) is 11.4 Å². The molecule has 1 aromatic heterocycles. The maximum absolute atomic E-state index is 9.27. The maximum atomic E-state index is 9.27. The van der Waals surface area contributed by atoms with Crippen LogP contribution in [0.3, 0.4) is 0 Å². The molecule has 2 heterocycles. The largest absolute Gasteiger partial charge is 0.508 e. The van der Waals surface area contributed by atoms with Gasteiger partial charge in [0.15, 0.2) is 5.82 Å². The summed E-state index contributed by atoms with van der Waals surface area (Å²) < 4.78 is 1.96. The predicted molar refractivity (Wildman–Crippen MR) is 68.0 cm³/mol. The number of phenols is 1. The van der Waals surface area contributed by atoms with Crippen molar-refractivity contribution < 1.29 is 5.11 Å². The van der Waals surface area contributed by atoms with Gasteiger partial charge in [-0.15, -0.1) is 0 Å². The van der Waals surface area contributed by atoms with Gasteiger partial charge in [0.05, 0.1) is 0 Å². The molecular formula is C13H16N4O. The Balaban J connectivity index is 1.91. The number of benzene rings is 1. The van der Waals surface area contributed by atoms with Gasteiger partial charge in [0, 0.05) is 18.5 Å². The van der Waals surface area contributed by atoms with E-state index in [9.17, 15) is 5.11 Å². The summed E-state index contributed by atoms with van der Waals surface area (Å²) in [6.45, 7) is 1.56. The first-order valence-corrected chi connectivity index (χ1v) is 6.19. The number of nitrogens with zero attached hydrogens (tertiary/aromatic N) is 3. The van der Waals surface area contributed by atoms with Gasteiger partial charge in [0.2, 0.25) is 0 Å². The van der Waals surface area contributed by atoms with Gasteiger partial charge in [-0.2, -0.15) is 5.10 Å². The Bertz CT molecular complexity index is 547. The number of fused-ring (bicyclic) bond motifs is 1. The highest BCUT2D eigenvalue weighted by Crippen LogP contribution is 2.23. The number of aromatic nitrogens is 3. The number of rotatable bonds is 2. The Morgan fingerprint density at radius 2 is 2.11 bits per heavy atom. The second-order valence-corrected chi connectivity index (χ2v) is 4.72. The third-order valence-electron chi connectivity index (χ3n) is 3.41. The molecule has 1 atom stereocenters. The van der Waals surface area contributed by atoms with Crippen molar-refractivity contribution >= 4 is 0 Å². The van der Waals surface area contributed by atoms with E-state index in [0.29, 0.717) is 12.5 Å². The zero-order chi connectivity index (χ0) is 12.5. The lowest BCUT2D eigenvalue weighted by Gasteiger charge is -2.20. The first-order chi connectivity index (χ1) is 8.76. The second-order valence-electron chi connectivity index (χ2n) is 4.72. The van der Waals surface area contributed by atoms with E-state index < -0.39 is 0 Å². The summed E-state index contributed by atoms with van der Waals surface area (Å²) in [6.07, 6.45) is 2.02. The molecule has 5 heteroatoms. The highest BCUT2D eigenvalue weighted by Gasteiger charge is 2.20. The Morgan fingerprint density at radius 3 is 2.83 bits per heavy atom. The number of hydrogen-bond acceptors (Lipinski definition) is 4. The fourth-order valence-corrected chi connectivity index (χ4v) is 2.30. The molecule has 3 rings (SSSR count). The summed E-state index contributed by atoms with van der Waals surface area (Å²) in [5.74, 6) is 2.52. The number of phenolic OH excluding ortho intramolecular Hbond substituents is 1. The zero-order valence-electron chi connectivity index (χ0n) is 10.1. The van der Waals surface area contributed by atoms with E-state index in [1.165, 1.54) is 0 Å². The van der Waals surface area contributed by atoms with Gasteiger partial charge in [0.25, 0.3) is 0 Å². The molecule has 94 valence electrons. The highest BCUT2D eigenvalue weighted by molar-refractivity contribution is 5.55. The standard InChI is InChI=1S/C13H16N4O/c14-7-9-1-6-12-15-13(16-17(12)8-9)10-2-4-11(18)5-3-10/h2-5,9,18H,1,6-8,14H2. The van der Waals surface area contributed by atoms with Crippen LogP contribution in [0.4, 0.5) is 0 Å². The summed E-state index contributed by atoms with van der Waals surface area (Å²) in [7, 11) is 0. The van der Waals surface area contributed by atoms with Crippen LogP contribution >= 0.6 is 0 Å². The molecule has 5 nitrogen and oxygen atoms in total. The summed E-state index contributed by atoms with van der Waals surface area (Å²) in [5.41, 5.74) is 6.64. The molecule has 1 aliphatic rings. The van der Waals surface area contributed by atoms with Gasteiger partial charge in [0.1, 0.15) is 11.6 Å². The van der Waals surface area contributed by atoms with E-state index in [-0.39, 0.29) is 5.75 Å². The van der Waals surface area contributed by atoms with Gasteiger partial charge >= 0.3 is 0 Å². The monoisotopic (exact) mass is 244 g/mol. The van der Waals surface area contributed by atoms with Crippen molar-refractivity contribution in [1.29, 1.82) is 0 Å². The second kappa shape index (κ2) is 4.42. The van der Waals surface area contributed by atoms with E-state index in [2.05, 4.69) is 10.1 Å². The number of hydrogen-bond donors (Lipinski definition) is 2. The van der Waals surface area contributed by atoms with Gasteiger partial charge in [-0.3, -0.25) is 0 Å². The number of aromatic hydroxyl groups is 1. The van der Waals surface area contributed by atoms with Gasteiger partial charge in [-0.05, 0) is 43.1 Å². The van der Waals surface area contributed by atoms with Gasteiger partial charge in [-0.25, -0.2) is 9.67 Å². The molecule has 1 aromatic carbocycles. The van der Waals surface area contributed by atoms with E-state index in [1.54, 1.807) is 12.1 Å². The maximum Gasteiger partial charge on any atom is 0.181 e. The van der Waals surface area contributed by atoms with E-state index in [0.717, 1.165) is 36.6 Å². The van der Waals surface area contributed by atoms with Crippen LogP contribution in [-0.4, -0.2) is 26.4 Å². The average molecular weight is 244 g/mol. The van der Waals surface area contributed by atoms with Crippen molar-refractivity contribution in [1.82, 2.24) is 14.8 Å². The van der Waals surface area contributed by atoms with Crippen LogP contribution in [-0.2, 0) is 13.0 Å². The third-order valence-corrected chi connectivity index (χ3v) is 3.41. The van der Waals surface area contributed by atoms with Crippen molar-refractivity contribution in [3.63, 3.8) is 0 Å². The topological polar surface area (TPSA) is 77.0 Å². The Morgan fingerprint density at radius 1 is 1.33 bits per heavy atom. The van der Waals surface area contributed by atoms with Crippen LogP contribution in [0, 0.1) is 5.92 Å². The minimum absolute atomic E-state index is 0.255. The molecule has 0 saturated carbocycles. The van der Waals surface area contributed by atoms with Crippen LogP contribution in [0.1, 0.15) is 12.2 Å². The van der Waals surface area contributed by atoms with Crippen molar-refractivity contribution in [2.45, 2.75) is 19.4 Å². The predicted octanol–water partition coefficient (Wildman–Crippen LogP) is 1.17. The molecule has 3 N–H and O–H groups in total. The van der Waals surface area contributed by atoms with E-state index in [1.807, 2.05) is 16.8 Å². The Kier molecular flexibility index (Phi) is 2.76. The smallest absolute Gasteiger partial charge is 0.181 e. The lowest BCUT2D eigenvalue weighted by molar-refractivity contribution is 0.350. The number of aryl methyl sites for hydroxylation is 1. The molecule has 1 unspecified atom stereocenters. The quantitative estimate of drug-likeness (QED) is 0.831. The van der Waals surface area contributed by atoms with Crippen molar-refractivity contribution in [3.05, 3.63) is 30.1 Å². The summed E-state index contributed by atoms with van der Waals surface area (Å²) in [6, 6.07) is 6.96. The highest BCUT2D eigenvalue weighted by atomic mass is 16.3. The SMILES string of the molecule is NCC1CCc2nc(-c3ccc(O)cc3)nn2C1. The Hall–Kier alpha value is -1.88. The van der Waals surface area contributed by atoms with Crippen LogP contribution in [0.15, 0.2) is 24.3 Å². The minimum Gasteiger partial charge on any atom is -0.508 e. The van der Waals surface area contributed by atoms with Crippen molar-refractivity contribution in [2.24, 2.45) is 11.7 Å². The molecule has 0 fully saturated rings. The van der Waals surface area contributed by atoms with Crippen LogP contribution < -0.4 is 5.73 Å². The summed E-state index contributed by atoms with van der Waals surface area (Å²) >= 11 is 0. The lowest BCUT2D eigenvalue weighted by atomic mass is 10.0. The molecule has 0 saturated heterocycles. The summed E-state index contributed by atoms with van der Waals surface area (Å²) in [5, 5.41) is 13.8. The number of nitrogens with two attached hydrogens (primary N) is 1. The van der Waals surface area contributed by atoms with Gasteiger partial charge in [-0.1, -0.05) is 0 Å².